The third-order valence-corrected chi connectivity index (χ3v) is 10.5. The third kappa shape index (κ3) is 8.18. The summed E-state index contributed by atoms with van der Waals surface area (Å²) in [4.78, 5) is 9.62. The van der Waals surface area contributed by atoms with E-state index in [1.807, 2.05) is 72.8 Å². The Labute approximate surface area is 318 Å². The summed E-state index contributed by atoms with van der Waals surface area (Å²) < 4.78 is 47.1. The molecule has 0 bridgehead atoms. The monoisotopic (exact) mass is 752 g/mol. The van der Waals surface area contributed by atoms with Gasteiger partial charge in [0.05, 0.1) is 45.8 Å². The zero-order valence-corrected chi connectivity index (χ0v) is 31.9. The first-order chi connectivity index (χ1) is 26.5. The number of para-hydroxylation sites is 1. The summed E-state index contributed by atoms with van der Waals surface area (Å²) in [5, 5.41) is 5.27. The molecule has 0 spiro atoms. The highest BCUT2D eigenvalue weighted by Crippen LogP contribution is 2.42. The fourth-order valence-corrected chi connectivity index (χ4v) is 7.40. The number of rotatable bonds is 16. The van der Waals surface area contributed by atoms with Crippen LogP contribution in [0.4, 0.5) is 0 Å². The molecule has 0 aliphatic carbocycles. The van der Waals surface area contributed by atoms with Crippen LogP contribution >= 0.6 is 11.3 Å². The number of aromatic nitrogens is 2. The molecule has 0 N–H and O–H groups in total. The van der Waals surface area contributed by atoms with E-state index in [2.05, 4.69) is 21.0 Å². The molecule has 4 aromatic carbocycles. The minimum atomic E-state index is 0.512. The number of fused-ring (bicyclic) bond motifs is 1. The molecule has 0 atom stereocenters. The average Bonchev–Trinajstić information content (AvgIpc) is 3.89. The summed E-state index contributed by atoms with van der Waals surface area (Å²) >= 11 is 1.67. The minimum Gasteiger partial charge on any atom is -0.493 e. The molecule has 2 aromatic heterocycles. The van der Waals surface area contributed by atoms with Gasteiger partial charge in [0.15, 0.2) is 40.3 Å². The first-order valence-electron chi connectivity index (χ1n) is 17.7. The molecule has 3 heterocycles. The minimum absolute atomic E-state index is 0.512. The second-order valence-corrected chi connectivity index (χ2v) is 13.6. The second-order valence-electron chi connectivity index (χ2n) is 12.6. The Morgan fingerprint density at radius 1 is 0.593 bits per heavy atom. The third-order valence-electron chi connectivity index (χ3n) is 9.42. The van der Waals surface area contributed by atoms with Crippen molar-refractivity contribution < 1.29 is 37.7 Å². The molecular formula is C41H44N4O8S. The normalized spacial score (nSPS) is 13.5. The van der Waals surface area contributed by atoms with Crippen molar-refractivity contribution in [3.8, 4) is 73.4 Å². The van der Waals surface area contributed by atoms with E-state index in [0.29, 0.717) is 59.2 Å². The molecule has 12 nitrogen and oxygen atoms in total. The number of ether oxygens (including phenoxy) is 7. The van der Waals surface area contributed by atoms with E-state index in [-0.39, 0.29) is 0 Å². The van der Waals surface area contributed by atoms with Crippen molar-refractivity contribution >= 4 is 21.6 Å². The summed E-state index contributed by atoms with van der Waals surface area (Å²) in [5.41, 5.74) is 4.23. The molecule has 1 saturated heterocycles. The van der Waals surface area contributed by atoms with E-state index in [0.717, 1.165) is 72.2 Å². The van der Waals surface area contributed by atoms with Gasteiger partial charge in [-0.1, -0.05) is 17.3 Å². The molecule has 282 valence electrons. The van der Waals surface area contributed by atoms with Crippen molar-refractivity contribution in [3.63, 3.8) is 0 Å². The van der Waals surface area contributed by atoms with Crippen molar-refractivity contribution in [2.24, 2.45) is 0 Å². The van der Waals surface area contributed by atoms with Crippen LogP contribution in [-0.2, 0) is 0 Å². The number of hydrogen-bond donors (Lipinski definition) is 0. The topological polar surface area (TPSA) is 110 Å². The lowest BCUT2D eigenvalue weighted by atomic mass is 10.1. The zero-order chi connectivity index (χ0) is 37.4. The summed E-state index contributed by atoms with van der Waals surface area (Å²) in [6, 6.07) is 25.5. The largest absolute Gasteiger partial charge is 0.493 e. The smallest absolute Gasteiger partial charge is 0.203 e. The Morgan fingerprint density at radius 2 is 1.19 bits per heavy atom. The Hall–Kier alpha value is -5.50. The second kappa shape index (κ2) is 17.1. The summed E-state index contributed by atoms with van der Waals surface area (Å²) in [5.74, 6) is 4.90. The maximum atomic E-state index is 6.26. The van der Waals surface area contributed by atoms with Gasteiger partial charge in [-0.2, -0.15) is 0 Å². The van der Waals surface area contributed by atoms with Crippen molar-refractivity contribution in [1.82, 2.24) is 19.9 Å². The van der Waals surface area contributed by atoms with E-state index in [9.17, 15) is 0 Å². The molecule has 13 heteroatoms. The predicted molar refractivity (Wildman–Crippen MR) is 209 cm³/mol. The number of thiazole rings is 1. The van der Waals surface area contributed by atoms with Crippen LogP contribution in [0.25, 0.3) is 43.4 Å². The Bertz CT molecular complexity index is 2120. The molecule has 54 heavy (non-hydrogen) atoms. The van der Waals surface area contributed by atoms with E-state index in [4.69, 9.17) is 42.7 Å². The van der Waals surface area contributed by atoms with Crippen LogP contribution in [0.5, 0.6) is 40.2 Å². The molecule has 0 unspecified atom stereocenters. The number of methoxy groups -OCH3 is 5. The standard InChI is InChI=1S/C41H44N4O8S/c1-46-32-12-10-27(34-26-31(43-53-34)29-24-37(48-3)40(50-5)38(25-29)49-4)22-36(32)52-21-19-45-16-14-44(15-17-45)18-20-51-33-13-11-28(23-35(33)47-2)41-42-30-8-6-7-9-39(30)54-41/h6-13,22-26H,14-21H2,1-5H3. The van der Waals surface area contributed by atoms with Crippen LogP contribution < -0.4 is 33.2 Å². The van der Waals surface area contributed by atoms with Gasteiger partial charge in [-0.25, -0.2) is 4.98 Å². The van der Waals surface area contributed by atoms with Gasteiger partial charge in [0.1, 0.15) is 23.9 Å². The summed E-state index contributed by atoms with van der Waals surface area (Å²) in [6.45, 7) is 6.52. The van der Waals surface area contributed by atoms with Crippen molar-refractivity contribution in [2.75, 3.05) is 88.0 Å². The van der Waals surface area contributed by atoms with Crippen LogP contribution in [0.2, 0.25) is 0 Å². The molecule has 6 aromatic rings. The molecule has 1 aliphatic rings. The Morgan fingerprint density at radius 3 is 1.83 bits per heavy atom. The van der Waals surface area contributed by atoms with Gasteiger partial charge in [0.25, 0.3) is 0 Å². The van der Waals surface area contributed by atoms with Gasteiger partial charge < -0.3 is 37.7 Å². The molecule has 1 fully saturated rings. The number of benzene rings is 4. The lowest BCUT2D eigenvalue weighted by Crippen LogP contribution is -2.48. The van der Waals surface area contributed by atoms with Gasteiger partial charge in [0, 0.05) is 62.0 Å². The molecule has 7 rings (SSSR count). The summed E-state index contributed by atoms with van der Waals surface area (Å²) in [7, 11) is 8.04. The average molecular weight is 753 g/mol. The first kappa shape index (κ1) is 36.8. The van der Waals surface area contributed by atoms with Gasteiger partial charge in [-0.3, -0.25) is 9.80 Å². The van der Waals surface area contributed by atoms with Gasteiger partial charge in [-0.15, -0.1) is 11.3 Å². The highest BCUT2D eigenvalue weighted by molar-refractivity contribution is 7.21. The van der Waals surface area contributed by atoms with E-state index < -0.39 is 0 Å². The molecule has 0 amide bonds. The lowest BCUT2D eigenvalue weighted by molar-refractivity contribution is 0.104. The highest BCUT2D eigenvalue weighted by atomic mass is 32.1. The van der Waals surface area contributed by atoms with Crippen LogP contribution in [0.3, 0.4) is 0 Å². The number of nitrogens with zero attached hydrogens (tertiary/aromatic N) is 4. The maximum absolute atomic E-state index is 6.26. The summed E-state index contributed by atoms with van der Waals surface area (Å²) in [6.07, 6.45) is 0. The van der Waals surface area contributed by atoms with Crippen LogP contribution in [0.1, 0.15) is 0 Å². The lowest BCUT2D eigenvalue weighted by Gasteiger charge is -2.34. The van der Waals surface area contributed by atoms with E-state index in [1.54, 1.807) is 46.9 Å². The van der Waals surface area contributed by atoms with Gasteiger partial charge in [-0.05, 0) is 60.7 Å². The molecule has 0 radical (unpaired) electrons. The number of piperazine rings is 1. The molecule has 0 saturated carbocycles. The SMILES string of the molecule is COc1cc(-c2nc3ccccc3s2)ccc1OCCN1CCN(CCOc2cc(-c3cc(-c4cc(OC)c(OC)c(OC)c4)no3)ccc2OC)CC1. The van der Waals surface area contributed by atoms with Crippen LogP contribution in [-0.4, -0.2) is 108 Å². The van der Waals surface area contributed by atoms with Crippen LogP contribution in [0, 0.1) is 0 Å². The Balaban J connectivity index is 0.887. The maximum Gasteiger partial charge on any atom is 0.203 e. The van der Waals surface area contributed by atoms with Crippen molar-refractivity contribution in [3.05, 3.63) is 78.9 Å². The fraction of sp³-hybridized carbons (Fsp3) is 0.317. The van der Waals surface area contributed by atoms with Crippen molar-refractivity contribution in [2.45, 2.75) is 0 Å². The molecule has 1 aliphatic heterocycles. The molecular weight excluding hydrogens is 709 g/mol. The van der Waals surface area contributed by atoms with E-state index in [1.165, 1.54) is 4.70 Å². The number of hydrogen-bond acceptors (Lipinski definition) is 13. The van der Waals surface area contributed by atoms with Crippen LogP contribution in [0.15, 0.2) is 83.4 Å². The van der Waals surface area contributed by atoms with Gasteiger partial charge in [0.2, 0.25) is 5.75 Å². The first-order valence-corrected chi connectivity index (χ1v) is 18.5. The van der Waals surface area contributed by atoms with Gasteiger partial charge >= 0.3 is 0 Å². The van der Waals surface area contributed by atoms with E-state index >= 15 is 0 Å². The Kier molecular flexibility index (Phi) is 11.7. The fourth-order valence-electron chi connectivity index (χ4n) is 6.44. The highest BCUT2D eigenvalue weighted by Gasteiger charge is 2.20. The van der Waals surface area contributed by atoms with Crippen molar-refractivity contribution in [1.29, 1.82) is 0 Å². The predicted octanol–water partition coefficient (Wildman–Crippen LogP) is 7.40. The quantitative estimate of drug-likeness (QED) is 0.0983. The zero-order valence-electron chi connectivity index (χ0n) is 31.1.